The van der Waals surface area contributed by atoms with Crippen LogP contribution < -0.4 is 0 Å². The van der Waals surface area contributed by atoms with Gasteiger partial charge in [0.2, 0.25) is 0 Å². The van der Waals surface area contributed by atoms with Crippen molar-refractivity contribution < 1.29 is 0 Å². The molecule has 0 bridgehead atoms. The molecular weight excluding hydrogens is 144 g/mol. The van der Waals surface area contributed by atoms with Gasteiger partial charge in [-0.1, -0.05) is 50.3 Å². The fourth-order valence-corrected chi connectivity index (χ4v) is 0.844. The molecule has 0 heteroatoms. The zero-order valence-electron chi connectivity index (χ0n) is 8.46. The van der Waals surface area contributed by atoms with E-state index >= 15 is 0 Å². The van der Waals surface area contributed by atoms with Gasteiger partial charge in [-0.2, -0.15) is 0 Å². The molecule has 0 aliphatic rings. The van der Waals surface area contributed by atoms with Crippen LogP contribution in [-0.4, -0.2) is 0 Å². The van der Waals surface area contributed by atoms with E-state index in [4.69, 9.17) is 0 Å². The van der Waals surface area contributed by atoms with E-state index in [2.05, 4.69) is 32.1 Å². The lowest BCUT2D eigenvalue weighted by Gasteiger charge is -1.97. The minimum absolute atomic E-state index is 0.814. The van der Waals surface area contributed by atoms with Crippen LogP contribution in [0.25, 0.3) is 0 Å². The number of rotatable bonds is 5. The molecule has 0 aromatic heterocycles. The molecule has 0 aromatic carbocycles. The van der Waals surface area contributed by atoms with E-state index in [-0.39, 0.29) is 0 Å². The molecule has 0 aliphatic carbocycles. The Hall–Kier alpha value is -0.780. The van der Waals surface area contributed by atoms with E-state index < -0.39 is 0 Å². The predicted molar refractivity (Wildman–Crippen MR) is 57.2 cm³/mol. The quantitative estimate of drug-likeness (QED) is 0.536. The maximum Gasteiger partial charge on any atom is -0.0345 e. The molecule has 0 heterocycles. The predicted octanol–water partition coefficient (Wildman–Crippen LogP) is 4.11. The van der Waals surface area contributed by atoms with Gasteiger partial charge in [0.25, 0.3) is 0 Å². The molecule has 0 N–H and O–H groups in total. The Kier molecular flexibility index (Phi) is 7.78. The van der Waals surface area contributed by atoms with Crippen molar-refractivity contribution in [3.63, 3.8) is 0 Å². The smallest absolute Gasteiger partial charge is 0.0345 e. The van der Waals surface area contributed by atoms with Crippen molar-refractivity contribution in [2.45, 2.75) is 33.6 Å². The van der Waals surface area contributed by atoms with Crippen LogP contribution in [0.3, 0.4) is 0 Å². The van der Waals surface area contributed by atoms with Gasteiger partial charge in [-0.05, 0) is 25.7 Å². The first-order valence-corrected chi connectivity index (χ1v) is 4.72. The third-order valence-electron chi connectivity index (χ3n) is 1.57. The Balaban J connectivity index is 3.37. The lowest BCUT2D eigenvalue weighted by Crippen LogP contribution is -1.83. The molecular formula is C12H20. The van der Waals surface area contributed by atoms with Gasteiger partial charge in [0, 0.05) is 0 Å². The molecule has 0 aromatic rings. The lowest BCUT2D eigenvalue weighted by atomic mass is 10.1. The third-order valence-corrected chi connectivity index (χ3v) is 1.57. The molecule has 0 radical (unpaired) electrons. The average Bonchev–Trinajstić information content (AvgIpc) is 2.02. The van der Waals surface area contributed by atoms with Crippen molar-refractivity contribution in [1.29, 1.82) is 0 Å². The largest absolute Gasteiger partial charge is 0.0877 e. The number of hydrogen-bond donors (Lipinski definition) is 0. The van der Waals surface area contributed by atoms with Crippen LogP contribution in [0.2, 0.25) is 0 Å². The van der Waals surface area contributed by atoms with E-state index in [1.54, 1.807) is 0 Å². The summed E-state index contributed by atoms with van der Waals surface area (Å²) in [6.07, 6.45) is 15.0. The number of hydrogen-bond acceptors (Lipinski definition) is 0. The summed E-state index contributed by atoms with van der Waals surface area (Å²) in [6, 6.07) is 0. The van der Waals surface area contributed by atoms with Gasteiger partial charge >= 0.3 is 0 Å². The van der Waals surface area contributed by atoms with Gasteiger partial charge in [0.1, 0.15) is 0 Å². The van der Waals surface area contributed by atoms with Crippen molar-refractivity contribution >= 4 is 0 Å². The molecule has 0 spiro atoms. The Morgan fingerprint density at radius 1 is 1.00 bits per heavy atom. The van der Waals surface area contributed by atoms with Gasteiger partial charge in [0.15, 0.2) is 0 Å². The van der Waals surface area contributed by atoms with E-state index in [0.717, 1.165) is 5.92 Å². The molecule has 0 unspecified atom stereocenters. The second kappa shape index (κ2) is 8.32. The van der Waals surface area contributed by atoms with Crippen LogP contribution in [0.1, 0.15) is 33.6 Å². The molecule has 12 heavy (non-hydrogen) atoms. The van der Waals surface area contributed by atoms with Crippen LogP contribution in [0.15, 0.2) is 36.5 Å². The van der Waals surface area contributed by atoms with Crippen molar-refractivity contribution in [3.05, 3.63) is 36.5 Å². The van der Waals surface area contributed by atoms with Crippen LogP contribution in [0.5, 0.6) is 0 Å². The Morgan fingerprint density at radius 2 is 1.67 bits per heavy atom. The van der Waals surface area contributed by atoms with Crippen molar-refractivity contribution in [2.75, 3.05) is 0 Å². The molecule has 0 rings (SSSR count). The minimum Gasteiger partial charge on any atom is -0.0877 e. The van der Waals surface area contributed by atoms with Crippen molar-refractivity contribution in [1.82, 2.24) is 0 Å². The van der Waals surface area contributed by atoms with Crippen molar-refractivity contribution in [2.24, 2.45) is 5.92 Å². The second-order valence-corrected chi connectivity index (χ2v) is 3.31. The molecule has 0 saturated heterocycles. The first-order chi connectivity index (χ1) is 5.77. The molecule has 0 atom stereocenters. The Bertz CT molecular complexity index is 159. The molecule has 0 fully saturated rings. The molecule has 68 valence electrons. The average molecular weight is 164 g/mol. The molecule has 0 saturated carbocycles. The van der Waals surface area contributed by atoms with Gasteiger partial charge in [-0.15, -0.1) is 0 Å². The lowest BCUT2D eigenvalue weighted by molar-refractivity contribution is 0.594. The topological polar surface area (TPSA) is 0 Å². The normalized spacial score (nSPS) is 13.0. The SMILES string of the molecule is C\C=C/C=C\C=C\CCC(C)C. The summed E-state index contributed by atoms with van der Waals surface area (Å²) in [5, 5.41) is 0. The zero-order chi connectivity index (χ0) is 9.23. The monoisotopic (exact) mass is 164 g/mol. The first kappa shape index (κ1) is 11.2. The Labute approximate surface area is 76.7 Å². The summed E-state index contributed by atoms with van der Waals surface area (Å²) in [7, 11) is 0. The molecule has 0 aliphatic heterocycles. The van der Waals surface area contributed by atoms with Gasteiger partial charge in [0.05, 0.1) is 0 Å². The third kappa shape index (κ3) is 9.22. The first-order valence-electron chi connectivity index (χ1n) is 4.72. The van der Waals surface area contributed by atoms with E-state index in [1.165, 1.54) is 12.8 Å². The fraction of sp³-hybridized carbons (Fsp3) is 0.500. The number of allylic oxidation sites excluding steroid dienone is 6. The summed E-state index contributed by atoms with van der Waals surface area (Å²) in [5.41, 5.74) is 0. The van der Waals surface area contributed by atoms with Crippen LogP contribution in [-0.2, 0) is 0 Å². The van der Waals surface area contributed by atoms with E-state index in [9.17, 15) is 0 Å². The van der Waals surface area contributed by atoms with Gasteiger partial charge in [-0.3, -0.25) is 0 Å². The minimum atomic E-state index is 0.814. The van der Waals surface area contributed by atoms with Crippen molar-refractivity contribution in [3.8, 4) is 0 Å². The highest BCUT2D eigenvalue weighted by molar-refractivity contribution is 5.10. The highest BCUT2D eigenvalue weighted by atomic mass is 13.9. The van der Waals surface area contributed by atoms with Crippen LogP contribution in [0, 0.1) is 5.92 Å². The fourth-order valence-electron chi connectivity index (χ4n) is 0.844. The van der Waals surface area contributed by atoms with E-state index in [1.807, 2.05) is 25.2 Å². The summed E-state index contributed by atoms with van der Waals surface area (Å²) in [6.45, 7) is 6.53. The van der Waals surface area contributed by atoms with Crippen LogP contribution >= 0.6 is 0 Å². The maximum atomic E-state index is 2.25. The highest BCUT2D eigenvalue weighted by Gasteiger charge is 1.88. The molecule has 0 amide bonds. The van der Waals surface area contributed by atoms with Gasteiger partial charge < -0.3 is 0 Å². The summed E-state index contributed by atoms with van der Waals surface area (Å²) < 4.78 is 0. The summed E-state index contributed by atoms with van der Waals surface area (Å²) in [5.74, 6) is 0.814. The van der Waals surface area contributed by atoms with E-state index in [0.29, 0.717) is 0 Å². The molecule has 0 nitrogen and oxygen atoms in total. The standard InChI is InChI=1S/C12H20/c1-4-5-6-7-8-9-10-11-12(2)3/h4-9,12H,10-11H2,1-3H3/b5-4-,7-6-,9-8+. The van der Waals surface area contributed by atoms with Crippen LogP contribution in [0.4, 0.5) is 0 Å². The zero-order valence-corrected chi connectivity index (χ0v) is 8.46. The summed E-state index contributed by atoms with van der Waals surface area (Å²) in [4.78, 5) is 0. The summed E-state index contributed by atoms with van der Waals surface area (Å²) >= 11 is 0. The highest BCUT2D eigenvalue weighted by Crippen LogP contribution is 2.03. The Morgan fingerprint density at radius 3 is 2.25 bits per heavy atom. The van der Waals surface area contributed by atoms with Gasteiger partial charge in [-0.25, -0.2) is 0 Å². The maximum absolute atomic E-state index is 2.25. The second-order valence-electron chi connectivity index (χ2n) is 3.31.